The van der Waals surface area contributed by atoms with Gasteiger partial charge >= 0.3 is 6.18 Å². The average Bonchev–Trinajstić information content (AvgIpc) is 3.12. The molecule has 1 aliphatic rings. The van der Waals surface area contributed by atoms with Crippen molar-refractivity contribution in [2.24, 2.45) is 0 Å². The minimum Gasteiger partial charge on any atom is -0.315 e. The minimum atomic E-state index is -4.58. The van der Waals surface area contributed by atoms with Gasteiger partial charge in [0.2, 0.25) is 5.91 Å². The summed E-state index contributed by atoms with van der Waals surface area (Å²) in [6, 6.07) is 13.6. The maximum Gasteiger partial charge on any atom is 0.418 e. The highest BCUT2D eigenvalue weighted by Crippen LogP contribution is 2.36. The van der Waals surface area contributed by atoms with Crippen LogP contribution in [0.2, 0.25) is 0 Å². The Hall–Kier alpha value is -3.99. The van der Waals surface area contributed by atoms with Gasteiger partial charge in [0.1, 0.15) is 5.82 Å². The quantitative estimate of drug-likeness (QED) is 0.332. The molecule has 0 spiro atoms. The van der Waals surface area contributed by atoms with Crippen molar-refractivity contribution in [3.8, 4) is 0 Å². The van der Waals surface area contributed by atoms with E-state index in [1.807, 2.05) is 0 Å². The molecule has 1 amide bonds. The van der Waals surface area contributed by atoms with E-state index in [1.165, 1.54) is 47.4 Å². The number of pyridine rings is 1. The van der Waals surface area contributed by atoms with Gasteiger partial charge in [-0.1, -0.05) is 18.2 Å². The molecule has 38 heavy (non-hydrogen) atoms. The number of benzene rings is 3. The van der Waals surface area contributed by atoms with Crippen LogP contribution in [0.15, 0.2) is 65.6 Å². The molecule has 1 aliphatic heterocycles. The van der Waals surface area contributed by atoms with Gasteiger partial charge in [-0.3, -0.25) is 14.5 Å². The first-order chi connectivity index (χ1) is 17.8. The summed E-state index contributed by atoms with van der Waals surface area (Å²) >= 11 is 0. The second-order valence-corrected chi connectivity index (χ2v) is 10.8. The molecule has 3 aromatic carbocycles. The summed E-state index contributed by atoms with van der Waals surface area (Å²) in [4.78, 5) is 17.3. The van der Waals surface area contributed by atoms with Crippen LogP contribution in [0.1, 0.15) is 27.9 Å². The van der Waals surface area contributed by atoms with E-state index in [1.54, 1.807) is 20.0 Å². The Labute approximate surface area is 216 Å². The molecular formula is C27H21F4N3O3S. The number of hydrogen-bond acceptors (Lipinski definition) is 4. The summed E-state index contributed by atoms with van der Waals surface area (Å²) in [5.74, 6) is -0.996. The van der Waals surface area contributed by atoms with E-state index in [0.29, 0.717) is 33.5 Å². The summed E-state index contributed by atoms with van der Waals surface area (Å²) in [5, 5.41) is 0.302. The van der Waals surface area contributed by atoms with Crippen LogP contribution >= 0.6 is 0 Å². The fourth-order valence-electron chi connectivity index (χ4n) is 4.63. The van der Waals surface area contributed by atoms with E-state index in [9.17, 15) is 30.8 Å². The van der Waals surface area contributed by atoms with Crippen LogP contribution in [0.4, 0.5) is 28.9 Å². The maximum absolute atomic E-state index is 15.0. The zero-order valence-corrected chi connectivity index (χ0v) is 21.0. The molecule has 0 bridgehead atoms. The van der Waals surface area contributed by atoms with Gasteiger partial charge in [-0.05, 0) is 72.5 Å². The lowest BCUT2D eigenvalue weighted by molar-refractivity contribution is -0.136. The SMILES string of the molecule is Cc1cc(Cc2ccc(NS(=O)(=O)c3ccc4c(c3)CC(=O)N4C)c(F)c2)c2cccc(C(F)(F)F)c2n1. The van der Waals surface area contributed by atoms with Crippen LogP contribution in [0.3, 0.4) is 0 Å². The standard InChI is InChI=1S/C27H21F4N3O3S/c1-15-10-17(20-4-3-5-21(26(20)32-15)27(29,30)31)11-16-6-8-23(22(28)12-16)33-38(36,37)19-7-9-24-18(13-19)14-25(35)34(24)2/h3-10,12-13,33H,11,14H2,1-2H3. The van der Waals surface area contributed by atoms with E-state index in [0.717, 1.165) is 12.1 Å². The van der Waals surface area contributed by atoms with Crippen LogP contribution in [-0.2, 0) is 33.8 Å². The zero-order valence-electron chi connectivity index (χ0n) is 20.2. The van der Waals surface area contributed by atoms with Crippen molar-refractivity contribution >= 4 is 38.2 Å². The molecule has 11 heteroatoms. The second-order valence-electron chi connectivity index (χ2n) is 9.14. The van der Waals surface area contributed by atoms with Crippen LogP contribution in [-0.4, -0.2) is 26.4 Å². The minimum absolute atomic E-state index is 0.0753. The monoisotopic (exact) mass is 543 g/mol. The van der Waals surface area contributed by atoms with Gasteiger partial charge in [-0.2, -0.15) is 13.2 Å². The Morgan fingerprint density at radius 2 is 1.82 bits per heavy atom. The van der Waals surface area contributed by atoms with Gasteiger partial charge < -0.3 is 4.90 Å². The van der Waals surface area contributed by atoms with Crippen LogP contribution in [0.5, 0.6) is 0 Å². The number of fused-ring (bicyclic) bond motifs is 2. The number of sulfonamides is 1. The molecule has 0 saturated carbocycles. The molecule has 1 N–H and O–H groups in total. The molecular weight excluding hydrogens is 522 g/mol. The van der Waals surface area contributed by atoms with E-state index in [2.05, 4.69) is 9.71 Å². The number of likely N-dealkylation sites (N-methyl/N-ethyl adjacent to an activating group) is 1. The third-order valence-electron chi connectivity index (χ3n) is 6.47. The highest BCUT2D eigenvalue weighted by atomic mass is 32.2. The molecule has 6 nitrogen and oxygen atoms in total. The molecule has 0 radical (unpaired) electrons. The number of carbonyl (C=O) groups excluding carboxylic acids is 1. The van der Waals surface area contributed by atoms with Gasteiger partial charge in [-0.15, -0.1) is 0 Å². The summed E-state index contributed by atoms with van der Waals surface area (Å²) in [6.45, 7) is 1.58. The average molecular weight is 544 g/mol. The zero-order chi connectivity index (χ0) is 27.4. The number of nitrogens with zero attached hydrogens (tertiary/aromatic N) is 2. The first kappa shape index (κ1) is 25.7. The number of halogens is 4. The maximum atomic E-state index is 15.0. The van der Waals surface area contributed by atoms with Gasteiger partial charge in [0.25, 0.3) is 10.0 Å². The van der Waals surface area contributed by atoms with Crippen molar-refractivity contribution in [3.05, 3.63) is 94.4 Å². The van der Waals surface area contributed by atoms with Crippen LogP contribution in [0, 0.1) is 12.7 Å². The molecule has 196 valence electrons. The fraction of sp³-hybridized carbons (Fsp3) is 0.185. The molecule has 4 aromatic rings. The number of alkyl halides is 3. The molecule has 0 unspecified atom stereocenters. The van der Waals surface area contributed by atoms with Crippen molar-refractivity contribution in [2.45, 2.75) is 30.8 Å². The number of hydrogen-bond donors (Lipinski definition) is 1. The van der Waals surface area contributed by atoms with Gasteiger partial charge in [0, 0.05) is 23.8 Å². The number of para-hydroxylation sites is 1. The summed E-state index contributed by atoms with van der Waals surface area (Å²) in [6.07, 6.45) is -4.39. The number of anilines is 2. The normalized spacial score (nSPS) is 13.7. The molecule has 0 atom stereocenters. The highest BCUT2D eigenvalue weighted by Gasteiger charge is 2.33. The summed E-state index contributed by atoms with van der Waals surface area (Å²) in [7, 11) is -2.55. The summed E-state index contributed by atoms with van der Waals surface area (Å²) < 4.78 is 83.6. The van der Waals surface area contributed by atoms with Gasteiger partial charge in [-0.25, -0.2) is 12.8 Å². The fourth-order valence-corrected chi connectivity index (χ4v) is 5.74. The van der Waals surface area contributed by atoms with Gasteiger partial charge in [0.15, 0.2) is 0 Å². The third-order valence-corrected chi connectivity index (χ3v) is 7.83. The molecule has 1 aromatic heterocycles. The van der Waals surface area contributed by atoms with E-state index in [-0.39, 0.29) is 34.8 Å². The first-order valence-electron chi connectivity index (χ1n) is 11.5. The third kappa shape index (κ3) is 4.69. The lowest BCUT2D eigenvalue weighted by Crippen LogP contribution is -2.20. The Morgan fingerprint density at radius 1 is 1.05 bits per heavy atom. The van der Waals surface area contributed by atoms with Crippen LogP contribution in [0.25, 0.3) is 10.9 Å². The predicted molar refractivity (Wildman–Crippen MR) is 135 cm³/mol. The Balaban J connectivity index is 1.42. The number of nitrogens with one attached hydrogen (secondary N) is 1. The lowest BCUT2D eigenvalue weighted by Gasteiger charge is -2.14. The Morgan fingerprint density at radius 3 is 2.53 bits per heavy atom. The van der Waals surface area contributed by atoms with Gasteiger partial charge in [0.05, 0.1) is 28.1 Å². The lowest BCUT2D eigenvalue weighted by atomic mass is 9.98. The van der Waals surface area contributed by atoms with E-state index < -0.39 is 27.6 Å². The largest absolute Gasteiger partial charge is 0.418 e. The number of aryl methyl sites for hydroxylation is 1. The Bertz CT molecular complexity index is 1720. The van der Waals surface area contributed by atoms with Crippen LogP contribution < -0.4 is 9.62 Å². The summed E-state index contributed by atoms with van der Waals surface area (Å²) in [5.41, 5.74) is 1.22. The number of rotatable bonds is 5. The van der Waals surface area contributed by atoms with E-state index >= 15 is 0 Å². The second kappa shape index (κ2) is 9.09. The molecule has 0 aliphatic carbocycles. The Kier molecular flexibility index (Phi) is 6.13. The molecule has 0 fully saturated rings. The van der Waals surface area contributed by atoms with Crippen molar-refractivity contribution in [3.63, 3.8) is 0 Å². The smallest absolute Gasteiger partial charge is 0.315 e. The first-order valence-corrected chi connectivity index (χ1v) is 13.0. The highest BCUT2D eigenvalue weighted by molar-refractivity contribution is 7.92. The number of amides is 1. The number of aromatic nitrogens is 1. The topological polar surface area (TPSA) is 79.4 Å². The van der Waals surface area contributed by atoms with Crippen molar-refractivity contribution in [1.82, 2.24) is 4.98 Å². The van der Waals surface area contributed by atoms with Crippen molar-refractivity contribution in [1.29, 1.82) is 0 Å². The molecule has 5 rings (SSSR count). The van der Waals surface area contributed by atoms with Crippen molar-refractivity contribution < 1.29 is 30.8 Å². The molecule has 2 heterocycles. The van der Waals surface area contributed by atoms with E-state index in [4.69, 9.17) is 0 Å². The number of carbonyl (C=O) groups is 1. The van der Waals surface area contributed by atoms with Crippen molar-refractivity contribution in [2.75, 3.05) is 16.7 Å². The molecule has 0 saturated heterocycles. The predicted octanol–water partition coefficient (Wildman–Crippen LogP) is 5.61.